The lowest BCUT2D eigenvalue weighted by atomic mass is 10.1. The van der Waals surface area contributed by atoms with Gasteiger partial charge >= 0.3 is 0 Å². The second-order valence-corrected chi connectivity index (χ2v) is 5.63. The highest BCUT2D eigenvalue weighted by Crippen LogP contribution is 2.24. The van der Waals surface area contributed by atoms with Crippen LogP contribution >= 0.6 is 15.9 Å². The predicted octanol–water partition coefficient (Wildman–Crippen LogP) is 3.34. The average Bonchev–Trinajstić information content (AvgIpc) is 2.28. The third-order valence-electron chi connectivity index (χ3n) is 3.02. The van der Waals surface area contributed by atoms with Crippen molar-refractivity contribution < 1.29 is 13.5 Å². The number of nitrogens with zero attached hydrogens (tertiary/aromatic N) is 1. The maximum Gasteiger partial charge on any atom is 0.144 e. The van der Waals surface area contributed by atoms with Crippen molar-refractivity contribution in [3.8, 4) is 0 Å². The molecule has 0 saturated carbocycles. The summed E-state index contributed by atoms with van der Waals surface area (Å²) in [6.07, 6.45) is 0.180. The molecule has 0 aliphatic carbocycles. The fourth-order valence-corrected chi connectivity index (χ4v) is 2.72. The fourth-order valence-electron chi connectivity index (χ4n) is 2.35. The fraction of sp³-hybridized carbons (Fsp3) is 0.538. The zero-order valence-electron chi connectivity index (χ0n) is 10.4. The summed E-state index contributed by atoms with van der Waals surface area (Å²) in [5.41, 5.74) is 0.116. The summed E-state index contributed by atoms with van der Waals surface area (Å²) in [4.78, 5) is 2.02. The monoisotopic (exact) mass is 319 g/mol. The lowest BCUT2D eigenvalue weighted by Gasteiger charge is -2.35. The van der Waals surface area contributed by atoms with Crippen molar-refractivity contribution in [1.29, 1.82) is 0 Å². The Morgan fingerprint density at radius 1 is 1.28 bits per heavy atom. The molecule has 1 saturated heterocycles. The molecule has 100 valence electrons. The quantitative estimate of drug-likeness (QED) is 0.775. The highest BCUT2D eigenvalue weighted by Gasteiger charge is 2.24. The molecule has 0 bridgehead atoms. The molecule has 2 rings (SSSR count). The number of halogens is 3. The molecule has 2 atom stereocenters. The molecule has 0 radical (unpaired) electrons. The topological polar surface area (TPSA) is 12.5 Å². The minimum absolute atomic E-state index is 0.0898. The van der Waals surface area contributed by atoms with E-state index in [0.717, 1.165) is 0 Å². The van der Waals surface area contributed by atoms with E-state index in [0.29, 0.717) is 17.6 Å². The molecular formula is C13H16BrF2NO. The molecule has 2 unspecified atom stereocenters. The van der Waals surface area contributed by atoms with Gasteiger partial charge in [0.2, 0.25) is 0 Å². The first-order chi connectivity index (χ1) is 8.47. The summed E-state index contributed by atoms with van der Waals surface area (Å²) in [5.74, 6) is -1.01. The summed E-state index contributed by atoms with van der Waals surface area (Å²) in [6, 6.07) is 2.68. The largest absolute Gasteiger partial charge is 0.373 e. The number of hydrogen-bond donors (Lipinski definition) is 0. The van der Waals surface area contributed by atoms with Crippen LogP contribution in [0.5, 0.6) is 0 Å². The Labute approximate surface area is 114 Å². The number of ether oxygens (including phenoxy) is 1. The predicted molar refractivity (Wildman–Crippen MR) is 69.3 cm³/mol. The number of hydrogen-bond acceptors (Lipinski definition) is 2. The average molecular weight is 320 g/mol. The Kier molecular flexibility index (Phi) is 4.35. The maximum atomic E-state index is 13.9. The van der Waals surface area contributed by atoms with Crippen LogP contribution in [0.15, 0.2) is 16.6 Å². The standard InChI is InChI=1S/C13H16BrF2NO/c1-8-5-17(6-9(2)18-8)7-10-12(15)4-3-11(14)13(10)16/h3-4,8-9H,5-7H2,1-2H3. The van der Waals surface area contributed by atoms with E-state index < -0.39 is 11.6 Å². The molecule has 1 fully saturated rings. The van der Waals surface area contributed by atoms with Crippen LogP contribution in [0.2, 0.25) is 0 Å². The summed E-state index contributed by atoms with van der Waals surface area (Å²) in [6.45, 7) is 5.59. The Morgan fingerprint density at radius 3 is 2.50 bits per heavy atom. The van der Waals surface area contributed by atoms with Crippen molar-refractivity contribution in [3.63, 3.8) is 0 Å². The van der Waals surface area contributed by atoms with Crippen molar-refractivity contribution in [2.75, 3.05) is 13.1 Å². The summed E-state index contributed by atoms with van der Waals surface area (Å²) >= 11 is 3.08. The van der Waals surface area contributed by atoms with Crippen LogP contribution in [0.3, 0.4) is 0 Å². The molecule has 0 aromatic heterocycles. The van der Waals surface area contributed by atoms with Crippen LogP contribution in [-0.2, 0) is 11.3 Å². The highest BCUT2D eigenvalue weighted by molar-refractivity contribution is 9.10. The summed E-state index contributed by atoms with van der Waals surface area (Å²) in [7, 11) is 0. The normalized spacial score (nSPS) is 25.4. The highest BCUT2D eigenvalue weighted by atomic mass is 79.9. The summed E-state index contributed by atoms with van der Waals surface area (Å²) in [5, 5.41) is 0. The first-order valence-corrected chi connectivity index (χ1v) is 6.77. The van der Waals surface area contributed by atoms with Gasteiger partial charge in [0, 0.05) is 25.2 Å². The first kappa shape index (κ1) is 13.9. The van der Waals surface area contributed by atoms with Crippen LogP contribution in [0.1, 0.15) is 19.4 Å². The molecule has 0 amide bonds. The number of benzene rings is 1. The second kappa shape index (κ2) is 5.63. The lowest BCUT2D eigenvalue weighted by molar-refractivity contribution is -0.0709. The first-order valence-electron chi connectivity index (χ1n) is 5.97. The molecule has 5 heteroatoms. The second-order valence-electron chi connectivity index (χ2n) is 4.77. The van der Waals surface area contributed by atoms with Crippen LogP contribution in [0, 0.1) is 11.6 Å². The van der Waals surface area contributed by atoms with Crippen molar-refractivity contribution in [2.24, 2.45) is 0 Å². The molecule has 0 spiro atoms. The molecule has 2 nitrogen and oxygen atoms in total. The Balaban J connectivity index is 2.16. The van der Waals surface area contributed by atoms with Gasteiger partial charge in [-0.15, -0.1) is 0 Å². The van der Waals surface area contributed by atoms with E-state index in [1.54, 1.807) is 0 Å². The molecule has 1 heterocycles. The van der Waals surface area contributed by atoms with Gasteiger partial charge < -0.3 is 4.74 Å². The van der Waals surface area contributed by atoms with E-state index >= 15 is 0 Å². The van der Waals surface area contributed by atoms with E-state index in [1.807, 2.05) is 18.7 Å². The van der Waals surface area contributed by atoms with E-state index in [1.165, 1.54) is 12.1 Å². The third-order valence-corrected chi connectivity index (χ3v) is 3.63. The van der Waals surface area contributed by atoms with Gasteiger partial charge in [-0.1, -0.05) is 0 Å². The molecule has 0 N–H and O–H groups in total. The minimum Gasteiger partial charge on any atom is -0.373 e. The lowest BCUT2D eigenvalue weighted by Crippen LogP contribution is -2.45. The minimum atomic E-state index is -0.512. The van der Waals surface area contributed by atoms with Crippen LogP contribution in [0.25, 0.3) is 0 Å². The van der Waals surface area contributed by atoms with Crippen molar-refractivity contribution in [3.05, 3.63) is 33.8 Å². The van der Waals surface area contributed by atoms with E-state index in [9.17, 15) is 8.78 Å². The van der Waals surface area contributed by atoms with E-state index in [-0.39, 0.29) is 24.3 Å². The smallest absolute Gasteiger partial charge is 0.144 e. The van der Waals surface area contributed by atoms with Gasteiger partial charge in [0.15, 0.2) is 0 Å². The van der Waals surface area contributed by atoms with Gasteiger partial charge in [0.1, 0.15) is 11.6 Å². The van der Waals surface area contributed by atoms with Crippen molar-refractivity contribution in [1.82, 2.24) is 4.90 Å². The van der Waals surface area contributed by atoms with Crippen LogP contribution < -0.4 is 0 Å². The zero-order valence-corrected chi connectivity index (χ0v) is 12.0. The maximum absolute atomic E-state index is 13.9. The van der Waals surface area contributed by atoms with Crippen LogP contribution in [0.4, 0.5) is 8.78 Å². The SMILES string of the molecule is CC1CN(Cc2c(F)ccc(Br)c2F)CC(C)O1. The molecule has 1 aromatic carbocycles. The van der Waals surface area contributed by atoms with Crippen molar-refractivity contribution in [2.45, 2.75) is 32.6 Å². The summed E-state index contributed by atoms with van der Waals surface area (Å²) < 4.78 is 33.4. The number of rotatable bonds is 2. The van der Waals surface area contributed by atoms with E-state index in [2.05, 4.69) is 15.9 Å². The zero-order chi connectivity index (χ0) is 13.3. The van der Waals surface area contributed by atoms with Gasteiger partial charge in [-0.25, -0.2) is 8.78 Å². The Hall–Kier alpha value is -0.520. The Morgan fingerprint density at radius 2 is 1.89 bits per heavy atom. The third kappa shape index (κ3) is 3.08. The molecular weight excluding hydrogens is 304 g/mol. The van der Waals surface area contributed by atoms with Gasteiger partial charge in [-0.3, -0.25) is 4.90 Å². The molecule has 18 heavy (non-hydrogen) atoms. The van der Waals surface area contributed by atoms with Gasteiger partial charge in [0.05, 0.1) is 16.7 Å². The van der Waals surface area contributed by atoms with E-state index in [4.69, 9.17) is 4.74 Å². The van der Waals surface area contributed by atoms with Crippen molar-refractivity contribution >= 4 is 15.9 Å². The van der Waals surface area contributed by atoms with Gasteiger partial charge in [0.25, 0.3) is 0 Å². The molecule has 1 aliphatic heterocycles. The number of morpholine rings is 1. The Bertz CT molecular complexity index is 431. The molecule has 1 aliphatic rings. The molecule has 1 aromatic rings. The van der Waals surface area contributed by atoms with Gasteiger partial charge in [-0.2, -0.15) is 0 Å². The van der Waals surface area contributed by atoms with Gasteiger partial charge in [-0.05, 0) is 41.9 Å². The van der Waals surface area contributed by atoms with Crippen LogP contribution in [-0.4, -0.2) is 30.2 Å².